The number of phosphoric acid groups is 2. The molecule has 0 aromatic heterocycles. The molecule has 0 heterocycles. The molecule has 0 radical (unpaired) electrons. The van der Waals surface area contributed by atoms with E-state index < -0.39 is 97.5 Å². The van der Waals surface area contributed by atoms with E-state index in [4.69, 9.17) is 37.0 Å². The number of phosphoric ester groups is 2. The molecule has 0 fully saturated rings. The van der Waals surface area contributed by atoms with Crippen LogP contribution in [0.15, 0.2) is 0 Å². The maximum atomic E-state index is 13.1. The third-order valence-electron chi connectivity index (χ3n) is 19.5. The molecule has 0 rings (SSSR count). The van der Waals surface area contributed by atoms with Crippen LogP contribution in [0.1, 0.15) is 415 Å². The summed E-state index contributed by atoms with van der Waals surface area (Å²) in [5.41, 5.74) is 0. The highest BCUT2D eigenvalue weighted by molar-refractivity contribution is 7.47. The maximum Gasteiger partial charge on any atom is 0.472 e. The standard InChI is InChI=1S/C81H158O17P2/c1-9-73(7)59-51-43-34-30-26-22-18-13-11-12-14-20-24-28-32-36-47-55-63-80(85)97-76(67-91-78(83)61-53-45-35-31-27-23-19-16-15-17-21-25-29-33-41-49-57-71(3)4)69-95-99(87,88)93-65-75(82)66-94-100(89,90)96-70-77(98-81(86)64-56-48-39-37-42-50-58-72(5)6)68-92-79(84)62-54-46-40-38-44-52-60-74(8)10-2/h71-77,82H,9-70H2,1-8H3,(H,87,88)(H,89,90)/t73?,74?,75-,76-,77-/m1/s1. The second-order valence-electron chi connectivity index (χ2n) is 30.6. The largest absolute Gasteiger partial charge is 0.472 e. The molecular weight excluding hydrogens is 1310 g/mol. The summed E-state index contributed by atoms with van der Waals surface area (Å²) in [5, 5.41) is 10.6. The summed E-state index contributed by atoms with van der Waals surface area (Å²) in [6.45, 7) is 14.2. The van der Waals surface area contributed by atoms with Crippen molar-refractivity contribution in [3.8, 4) is 0 Å². The Hall–Kier alpha value is -1.94. The molecule has 19 heteroatoms. The Kier molecular flexibility index (Phi) is 68.7. The van der Waals surface area contributed by atoms with Gasteiger partial charge in [0, 0.05) is 25.7 Å². The average Bonchev–Trinajstić information content (AvgIpc) is 0.924. The van der Waals surface area contributed by atoms with Crippen molar-refractivity contribution in [1.29, 1.82) is 0 Å². The van der Waals surface area contributed by atoms with Crippen LogP contribution in [0.2, 0.25) is 0 Å². The summed E-state index contributed by atoms with van der Waals surface area (Å²) >= 11 is 0. The lowest BCUT2D eigenvalue weighted by Gasteiger charge is -2.21. The van der Waals surface area contributed by atoms with Crippen molar-refractivity contribution >= 4 is 39.5 Å². The van der Waals surface area contributed by atoms with Gasteiger partial charge in [-0.1, -0.05) is 364 Å². The van der Waals surface area contributed by atoms with Gasteiger partial charge in [-0.15, -0.1) is 0 Å². The van der Waals surface area contributed by atoms with Crippen LogP contribution in [0.5, 0.6) is 0 Å². The fraction of sp³-hybridized carbons (Fsp3) is 0.951. The molecular formula is C81H158O17P2. The van der Waals surface area contributed by atoms with Crippen LogP contribution in [0.4, 0.5) is 0 Å². The first-order chi connectivity index (χ1) is 48.2. The summed E-state index contributed by atoms with van der Waals surface area (Å²) in [6, 6.07) is 0. The molecule has 0 aromatic carbocycles. The summed E-state index contributed by atoms with van der Waals surface area (Å²) < 4.78 is 68.6. The molecule has 594 valence electrons. The van der Waals surface area contributed by atoms with E-state index in [-0.39, 0.29) is 25.7 Å². The number of aliphatic hydroxyl groups is 1. The smallest absolute Gasteiger partial charge is 0.462 e. The second kappa shape index (κ2) is 70.1. The minimum absolute atomic E-state index is 0.101. The zero-order valence-electron chi connectivity index (χ0n) is 65.8. The lowest BCUT2D eigenvalue weighted by atomic mass is 9.99. The number of ether oxygens (including phenoxy) is 4. The third kappa shape index (κ3) is 71.7. The fourth-order valence-electron chi connectivity index (χ4n) is 12.4. The molecule has 0 aliphatic carbocycles. The topological polar surface area (TPSA) is 237 Å². The van der Waals surface area contributed by atoms with Gasteiger partial charge in [0.1, 0.15) is 19.3 Å². The van der Waals surface area contributed by atoms with Crippen LogP contribution < -0.4 is 0 Å². The fourth-order valence-corrected chi connectivity index (χ4v) is 13.9. The number of carbonyl (C=O) groups excluding carboxylic acids is 4. The lowest BCUT2D eigenvalue weighted by Crippen LogP contribution is -2.30. The average molecular weight is 1470 g/mol. The molecule has 17 nitrogen and oxygen atoms in total. The van der Waals surface area contributed by atoms with Crippen molar-refractivity contribution in [2.75, 3.05) is 39.6 Å². The Balaban J connectivity index is 5.18. The zero-order valence-corrected chi connectivity index (χ0v) is 67.6. The van der Waals surface area contributed by atoms with E-state index in [0.29, 0.717) is 31.6 Å². The van der Waals surface area contributed by atoms with Gasteiger partial charge < -0.3 is 33.8 Å². The van der Waals surface area contributed by atoms with Crippen molar-refractivity contribution in [3.05, 3.63) is 0 Å². The first-order valence-corrected chi connectivity index (χ1v) is 44.8. The summed E-state index contributed by atoms with van der Waals surface area (Å²) in [4.78, 5) is 72.9. The highest BCUT2D eigenvalue weighted by Crippen LogP contribution is 2.45. The third-order valence-corrected chi connectivity index (χ3v) is 21.4. The SMILES string of the molecule is CCC(C)CCCCCCCCCCCCCCCCCCCCC(=O)O[C@H](COC(=O)CCCCCCCCCCCCCCCCCCC(C)C)COP(=O)(O)OC[C@@H](O)COP(=O)(O)OC[C@@H](COC(=O)CCCCCCCCC(C)CC)OC(=O)CCCCCCCCC(C)C. The molecule has 100 heavy (non-hydrogen) atoms. The molecule has 0 saturated heterocycles. The summed E-state index contributed by atoms with van der Waals surface area (Å²) in [6.07, 6.45) is 57.3. The Bertz CT molecular complexity index is 1960. The number of hydrogen-bond acceptors (Lipinski definition) is 15. The van der Waals surface area contributed by atoms with Crippen LogP contribution >= 0.6 is 15.6 Å². The van der Waals surface area contributed by atoms with E-state index >= 15 is 0 Å². The Morgan fingerprint density at radius 2 is 0.480 bits per heavy atom. The van der Waals surface area contributed by atoms with Crippen LogP contribution in [0.25, 0.3) is 0 Å². The van der Waals surface area contributed by atoms with Crippen molar-refractivity contribution in [2.45, 2.75) is 433 Å². The van der Waals surface area contributed by atoms with Gasteiger partial charge in [-0.05, 0) is 49.4 Å². The molecule has 0 amide bonds. The highest BCUT2D eigenvalue weighted by atomic mass is 31.2. The van der Waals surface area contributed by atoms with E-state index in [2.05, 4.69) is 55.4 Å². The van der Waals surface area contributed by atoms with Gasteiger partial charge in [0.15, 0.2) is 12.2 Å². The molecule has 4 unspecified atom stereocenters. The first kappa shape index (κ1) is 98.1. The van der Waals surface area contributed by atoms with Gasteiger partial charge in [-0.25, -0.2) is 9.13 Å². The lowest BCUT2D eigenvalue weighted by molar-refractivity contribution is -0.161. The monoisotopic (exact) mass is 1470 g/mol. The molecule has 7 atom stereocenters. The Morgan fingerprint density at radius 1 is 0.280 bits per heavy atom. The molecule has 0 saturated carbocycles. The van der Waals surface area contributed by atoms with Gasteiger partial charge in [0.25, 0.3) is 0 Å². The van der Waals surface area contributed by atoms with E-state index in [1.54, 1.807) is 0 Å². The van der Waals surface area contributed by atoms with E-state index in [1.165, 1.54) is 212 Å². The second-order valence-corrected chi connectivity index (χ2v) is 33.5. The van der Waals surface area contributed by atoms with Crippen LogP contribution in [0, 0.1) is 23.7 Å². The van der Waals surface area contributed by atoms with Crippen molar-refractivity contribution in [3.63, 3.8) is 0 Å². The van der Waals surface area contributed by atoms with E-state index in [0.717, 1.165) is 114 Å². The number of hydrogen-bond donors (Lipinski definition) is 3. The summed E-state index contributed by atoms with van der Waals surface area (Å²) in [5.74, 6) is 0.962. The minimum atomic E-state index is -4.96. The predicted molar refractivity (Wildman–Crippen MR) is 409 cm³/mol. The predicted octanol–water partition coefficient (Wildman–Crippen LogP) is 24.0. The van der Waals surface area contributed by atoms with Crippen LogP contribution in [0.3, 0.4) is 0 Å². The number of esters is 4. The van der Waals surface area contributed by atoms with Gasteiger partial charge in [0.05, 0.1) is 26.4 Å². The number of unbranched alkanes of at least 4 members (excludes halogenated alkanes) is 42. The Labute approximate surface area is 613 Å². The highest BCUT2D eigenvalue weighted by Gasteiger charge is 2.30. The van der Waals surface area contributed by atoms with Gasteiger partial charge in [-0.2, -0.15) is 0 Å². The molecule has 0 bridgehead atoms. The van der Waals surface area contributed by atoms with Crippen molar-refractivity contribution in [2.24, 2.45) is 23.7 Å². The normalized spacial score (nSPS) is 14.6. The zero-order chi connectivity index (χ0) is 73.8. The van der Waals surface area contributed by atoms with E-state index in [9.17, 15) is 43.2 Å². The van der Waals surface area contributed by atoms with E-state index in [1.807, 2.05) is 0 Å². The van der Waals surface area contributed by atoms with Crippen LogP contribution in [-0.4, -0.2) is 96.7 Å². The molecule has 0 spiro atoms. The van der Waals surface area contributed by atoms with Gasteiger partial charge in [-0.3, -0.25) is 37.3 Å². The molecule has 0 aromatic rings. The van der Waals surface area contributed by atoms with Crippen molar-refractivity contribution in [1.82, 2.24) is 0 Å². The van der Waals surface area contributed by atoms with Gasteiger partial charge in [0.2, 0.25) is 0 Å². The molecule has 0 aliphatic heterocycles. The molecule has 0 aliphatic rings. The van der Waals surface area contributed by atoms with Crippen molar-refractivity contribution < 1.29 is 80.2 Å². The Morgan fingerprint density at radius 3 is 0.710 bits per heavy atom. The quantitative estimate of drug-likeness (QED) is 0.0222. The number of aliphatic hydroxyl groups excluding tert-OH is 1. The minimum Gasteiger partial charge on any atom is -0.462 e. The molecule has 3 N–H and O–H groups in total. The maximum absolute atomic E-state index is 13.1. The summed E-state index contributed by atoms with van der Waals surface area (Å²) in [7, 11) is -9.92. The van der Waals surface area contributed by atoms with Gasteiger partial charge >= 0.3 is 39.5 Å². The number of carbonyl (C=O) groups is 4. The first-order valence-electron chi connectivity index (χ1n) is 41.8. The number of rotatable bonds is 78. The van der Waals surface area contributed by atoms with Crippen LogP contribution in [-0.2, 0) is 65.4 Å².